The van der Waals surface area contributed by atoms with Crippen LogP contribution in [0.15, 0.2) is 24.3 Å². The standard InChI is InChI=1S/C22H36O4/c1-3-5-6-7-8-10-13-18-16-17-20(23)19(18)14-11-9-12-15-21(24)22(25)26-4-2/h5-6,10,13,18-19,21,24H,3-4,7-9,11-12,14-17H2,1-2H3/t18-,19+,21?/m0/s1. The van der Waals surface area contributed by atoms with Crippen molar-refractivity contribution in [2.45, 2.75) is 84.2 Å². The minimum Gasteiger partial charge on any atom is -0.464 e. The summed E-state index contributed by atoms with van der Waals surface area (Å²) in [7, 11) is 0. The fourth-order valence-corrected chi connectivity index (χ4v) is 3.52. The quantitative estimate of drug-likeness (QED) is 0.291. The van der Waals surface area contributed by atoms with Gasteiger partial charge in [-0.3, -0.25) is 4.79 Å². The molecular formula is C22H36O4. The highest BCUT2D eigenvalue weighted by molar-refractivity contribution is 5.83. The van der Waals surface area contributed by atoms with Crippen molar-refractivity contribution in [2.24, 2.45) is 11.8 Å². The molecule has 1 aliphatic carbocycles. The van der Waals surface area contributed by atoms with E-state index in [2.05, 4.69) is 31.2 Å². The second-order valence-corrected chi connectivity index (χ2v) is 7.07. The molecule has 0 aromatic heterocycles. The molecule has 0 aromatic rings. The van der Waals surface area contributed by atoms with Crippen molar-refractivity contribution in [3.8, 4) is 0 Å². The fraction of sp³-hybridized carbons (Fsp3) is 0.727. The molecule has 0 heterocycles. The third-order valence-corrected chi connectivity index (χ3v) is 4.99. The second-order valence-electron chi connectivity index (χ2n) is 7.07. The van der Waals surface area contributed by atoms with E-state index in [1.165, 1.54) is 0 Å². The minimum atomic E-state index is -1.01. The average molecular weight is 365 g/mol. The van der Waals surface area contributed by atoms with Crippen LogP contribution in [0, 0.1) is 11.8 Å². The molecule has 1 saturated carbocycles. The number of Topliss-reactive ketones (excluding diaryl/α,β-unsaturated/α-hetero) is 1. The summed E-state index contributed by atoms with van der Waals surface area (Å²) in [5.41, 5.74) is 0. The van der Waals surface area contributed by atoms with Crippen molar-refractivity contribution in [2.75, 3.05) is 6.61 Å². The van der Waals surface area contributed by atoms with Crippen molar-refractivity contribution in [3.63, 3.8) is 0 Å². The zero-order valence-electron chi connectivity index (χ0n) is 16.5. The van der Waals surface area contributed by atoms with Crippen molar-refractivity contribution in [3.05, 3.63) is 24.3 Å². The van der Waals surface area contributed by atoms with Crippen LogP contribution in [-0.4, -0.2) is 29.6 Å². The molecule has 1 fully saturated rings. The molecule has 0 radical (unpaired) electrons. The van der Waals surface area contributed by atoms with Gasteiger partial charge < -0.3 is 9.84 Å². The Bertz CT molecular complexity index is 467. The molecule has 0 aromatic carbocycles. The Labute approximate surface area is 158 Å². The highest BCUT2D eigenvalue weighted by Gasteiger charge is 2.32. The van der Waals surface area contributed by atoms with Crippen LogP contribution < -0.4 is 0 Å². The third-order valence-electron chi connectivity index (χ3n) is 4.99. The van der Waals surface area contributed by atoms with Gasteiger partial charge in [0, 0.05) is 12.3 Å². The van der Waals surface area contributed by atoms with Gasteiger partial charge in [-0.05, 0) is 51.4 Å². The van der Waals surface area contributed by atoms with Crippen molar-refractivity contribution in [1.82, 2.24) is 0 Å². The van der Waals surface area contributed by atoms with Gasteiger partial charge in [-0.2, -0.15) is 0 Å². The molecule has 0 saturated heterocycles. The number of hydrogen-bond donors (Lipinski definition) is 1. The first kappa shape index (κ1) is 22.6. The molecule has 1 unspecified atom stereocenters. The smallest absolute Gasteiger partial charge is 0.334 e. The van der Waals surface area contributed by atoms with Crippen LogP contribution in [0.3, 0.4) is 0 Å². The Morgan fingerprint density at radius 2 is 1.96 bits per heavy atom. The molecule has 0 spiro atoms. The molecule has 3 atom stereocenters. The van der Waals surface area contributed by atoms with Gasteiger partial charge >= 0.3 is 5.97 Å². The average Bonchev–Trinajstić information content (AvgIpc) is 2.97. The molecule has 0 bridgehead atoms. The third kappa shape index (κ3) is 8.79. The highest BCUT2D eigenvalue weighted by atomic mass is 16.5. The zero-order chi connectivity index (χ0) is 19.2. The zero-order valence-corrected chi connectivity index (χ0v) is 16.5. The molecule has 4 nitrogen and oxygen atoms in total. The van der Waals surface area contributed by atoms with Gasteiger partial charge in [0.1, 0.15) is 5.78 Å². The van der Waals surface area contributed by atoms with Gasteiger partial charge in [-0.1, -0.05) is 50.5 Å². The second kappa shape index (κ2) is 13.7. The highest BCUT2D eigenvalue weighted by Crippen LogP contribution is 2.34. The summed E-state index contributed by atoms with van der Waals surface area (Å²) in [6, 6.07) is 0. The van der Waals surface area contributed by atoms with Crippen LogP contribution in [0.2, 0.25) is 0 Å². The lowest BCUT2D eigenvalue weighted by Gasteiger charge is -2.15. The van der Waals surface area contributed by atoms with Crippen LogP contribution in [-0.2, 0) is 14.3 Å². The molecule has 1 rings (SSSR count). The summed E-state index contributed by atoms with van der Waals surface area (Å²) in [6.07, 6.45) is 16.8. The van der Waals surface area contributed by atoms with Crippen molar-refractivity contribution >= 4 is 11.8 Å². The maximum absolute atomic E-state index is 12.1. The Morgan fingerprint density at radius 3 is 2.69 bits per heavy atom. The van der Waals surface area contributed by atoms with Crippen LogP contribution in [0.1, 0.15) is 78.1 Å². The Balaban J connectivity index is 2.24. The largest absolute Gasteiger partial charge is 0.464 e. The van der Waals surface area contributed by atoms with Crippen LogP contribution in [0.4, 0.5) is 0 Å². The van der Waals surface area contributed by atoms with Gasteiger partial charge in [-0.15, -0.1) is 0 Å². The fourth-order valence-electron chi connectivity index (χ4n) is 3.52. The number of allylic oxidation sites excluding steroid dienone is 4. The number of aliphatic hydroxyl groups is 1. The number of rotatable bonds is 13. The van der Waals surface area contributed by atoms with E-state index in [0.717, 1.165) is 51.4 Å². The number of unbranched alkanes of at least 4 members (excludes halogenated alkanes) is 3. The molecule has 0 aliphatic heterocycles. The molecule has 1 N–H and O–H groups in total. The predicted molar refractivity (Wildman–Crippen MR) is 105 cm³/mol. The molecule has 0 amide bonds. The molecule has 4 heteroatoms. The lowest BCUT2D eigenvalue weighted by atomic mass is 9.89. The van der Waals surface area contributed by atoms with Crippen LogP contribution in [0.25, 0.3) is 0 Å². The van der Waals surface area contributed by atoms with Gasteiger partial charge in [0.15, 0.2) is 6.10 Å². The predicted octanol–water partition coefficient (Wildman–Crippen LogP) is 4.76. The molecular weight excluding hydrogens is 328 g/mol. The summed E-state index contributed by atoms with van der Waals surface area (Å²) in [5, 5.41) is 9.68. The van der Waals surface area contributed by atoms with Gasteiger partial charge in [0.2, 0.25) is 0 Å². The van der Waals surface area contributed by atoms with Crippen LogP contribution in [0.5, 0.6) is 0 Å². The number of aliphatic hydroxyl groups excluding tert-OH is 1. The van der Waals surface area contributed by atoms with Gasteiger partial charge in [0.25, 0.3) is 0 Å². The number of carbonyl (C=O) groups is 2. The van der Waals surface area contributed by atoms with E-state index in [1.54, 1.807) is 6.92 Å². The maximum Gasteiger partial charge on any atom is 0.334 e. The van der Waals surface area contributed by atoms with E-state index in [1.807, 2.05) is 0 Å². The summed E-state index contributed by atoms with van der Waals surface area (Å²) in [6.45, 7) is 4.16. The first-order chi connectivity index (χ1) is 12.6. The summed E-state index contributed by atoms with van der Waals surface area (Å²) >= 11 is 0. The van der Waals surface area contributed by atoms with Crippen LogP contribution >= 0.6 is 0 Å². The Kier molecular flexibility index (Phi) is 12.0. The molecule has 26 heavy (non-hydrogen) atoms. The van der Waals surface area contributed by atoms with E-state index in [-0.39, 0.29) is 5.92 Å². The first-order valence-corrected chi connectivity index (χ1v) is 10.3. The Hall–Kier alpha value is -1.42. The van der Waals surface area contributed by atoms with Gasteiger partial charge in [-0.25, -0.2) is 4.79 Å². The lowest BCUT2D eigenvalue weighted by Crippen LogP contribution is -2.22. The van der Waals surface area contributed by atoms with E-state index in [4.69, 9.17) is 4.74 Å². The minimum absolute atomic E-state index is 0.160. The summed E-state index contributed by atoms with van der Waals surface area (Å²) in [5.74, 6) is 0.421. The van der Waals surface area contributed by atoms with Crippen molar-refractivity contribution in [1.29, 1.82) is 0 Å². The SMILES string of the molecule is CCC=CCCC=C[C@H]1CCC(=O)[C@@H]1CCCCCC(O)C(=O)OCC. The van der Waals surface area contributed by atoms with E-state index in [0.29, 0.717) is 31.1 Å². The number of carbonyl (C=O) groups excluding carboxylic acids is 2. The van der Waals surface area contributed by atoms with Crippen molar-refractivity contribution < 1.29 is 19.4 Å². The summed E-state index contributed by atoms with van der Waals surface area (Å²) in [4.78, 5) is 23.5. The van der Waals surface area contributed by atoms with Gasteiger partial charge in [0.05, 0.1) is 6.61 Å². The monoisotopic (exact) mass is 364 g/mol. The number of ketones is 1. The van der Waals surface area contributed by atoms with E-state index >= 15 is 0 Å². The number of esters is 1. The number of hydrogen-bond acceptors (Lipinski definition) is 4. The maximum atomic E-state index is 12.1. The topological polar surface area (TPSA) is 63.6 Å². The first-order valence-electron chi connectivity index (χ1n) is 10.3. The van der Waals surface area contributed by atoms with E-state index in [9.17, 15) is 14.7 Å². The Morgan fingerprint density at radius 1 is 1.19 bits per heavy atom. The lowest BCUT2D eigenvalue weighted by molar-refractivity contribution is -0.153. The van der Waals surface area contributed by atoms with E-state index < -0.39 is 12.1 Å². The number of ether oxygens (including phenoxy) is 1. The molecule has 148 valence electrons. The summed E-state index contributed by atoms with van der Waals surface area (Å²) < 4.78 is 4.79. The molecule has 1 aliphatic rings. The normalized spacial score (nSPS) is 21.7.